The summed E-state index contributed by atoms with van der Waals surface area (Å²) in [4.78, 5) is 9.07. The fraction of sp³-hybridized carbons (Fsp3) is 0.0270. The van der Waals surface area contributed by atoms with E-state index < -0.39 is 0 Å². The van der Waals surface area contributed by atoms with Gasteiger partial charge in [-0.1, -0.05) is 72.8 Å². The van der Waals surface area contributed by atoms with Crippen LogP contribution in [0.25, 0.3) is 72.0 Å². The lowest BCUT2D eigenvalue weighted by molar-refractivity contribution is 1.14. The molecule has 0 aliphatic rings. The lowest BCUT2D eigenvalue weighted by Crippen LogP contribution is -2.01. The summed E-state index contributed by atoms with van der Waals surface area (Å²) in [5.41, 5.74) is 10.1. The molecule has 0 N–H and O–H groups in total. The summed E-state index contributed by atoms with van der Waals surface area (Å²) in [6, 6.07) is 38.8. The number of nitrogens with zero attached hydrogens (tertiary/aromatic N) is 4. The minimum Gasteiger partial charge on any atom is -0.307 e. The molecule has 0 spiro atoms. The van der Waals surface area contributed by atoms with Gasteiger partial charge < -0.3 is 9.13 Å². The first-order valence-electron chi connectivity index (χ1n) is 13.8. The van der Waals surface area contributed by atoms with Crippen LogP contribution in [0.5, 0.6) is 0 Å². The Morgan fingerprint density at radius 2 is 1.32 bits per heavy atom. The molecule has 194 valence electrons. The van der Waals surface area contributed by atoms with Gasteiger partial charge in [0, 0.05) is 50.6 Å². The number of aromatic nitrogens is 3. The van der Waals surface area contributed by atoms with Crippen molar-refractivity contribution in [2.45, 2.75) is 6.92 Å². The zero-order valence-electron chi connectivity index (χ0n) is 22.6. The highest BCUT2D eigenvalue weighted by Crippen LogP contribution is 2.46. The Bertz CT molecular complexity index is 2340. The fourth-order valence-corrected chi connectivity index (χ4v) is 6.55. The number of para-hydroxylation sites is 3. The van der Waals surface area contributed by atoms with E-state index >= 15 is 0 Å². The number of aryl methyl sites for hydroxylation is 1. The van der Waals surface area contributed by atoms with Gasteiger partial charge in [-0.2, -0.15) is 0 Å². The molecule has 0 atom stereocenters. The SMILES string of the molecule is C=N/C=C\c1c(C)cccc1-n1c2ccccc2c2c3ncccc3c3c4ccccc4n(-c4ccccc4)c3c21. The minimum atomic E-state index is 1.01. The molecule has 3 aromatic heterocycles. The van der Waals surface area contributed by atoms with Gasteiger partial charge in [0.1, 0.15) is 0 Å². The van der Waals surface area contributed by atoms with Gasteiger partial charge in [0.15, 0.2) is 0 Å². The second kappa shape index (κ2) is 9.04. The molecule has 8 aromatic rings. The molecule has 4 nitrogen and oxygen atoms in total. The molecule has 0 saturated heterocycles. The Labute approximate surface area is 237 Å². The number of aliphatic imine (C=N–C) groups is 1. The van der Waals surface area contributed by atoms with Crippen molar-refractivity contribution in [1.82, 2.24) is 14.1 Å². The van der Waals surface area contributed by atoms with Crippen molar-refractivity contribution in [2.24, 2.45) is 4.99 Å². The van der Waals surface area contributed by atoms with E-state index in [2.05, 4.69) is 137 Å². The molecule has 41 heavy (non-hydrogen) atoms. The van der Waals surface area contributed by atoms with E-state index in [4.69, 9.17) is 4.98 Å². The van der Waals surface area contributed by atoms with Crippen LogP contribution >= 0.6 is 0 Å². The predicted molar refractivity (Wildman–Crippen MR) is 174 cm³/mol. The number of rotatable bonds is 4. The summed E-state index contributed by atoms with van der Waals surface area (Å²) < 4.78 is 4.85. The lowest BCUT2D eigenvalue weighted by Gasteiger charge is -2.16. The maximum atomic E-state index is 5.04. The zero-order valence-corrected chi connectivity index (χ0v) is 22.6. The van der Waals surface area contributed by atoms with Crippen LogP contribution in [0.1, 0.15) is 11.1 Å². The van der Waals surface area contributed by atoms with E-state index in [1.54, 1.807) is 6.20 Å². The van der Waals surface area contributed by atoms with Crippen molar-refractivity contribution >= 4 is 67.3 Å². The van der Waals surface area contributed by atoms with Gasteiger partial charge >= 0.3 is 0 Å². The van der Waals surface area contributed by atoms with E-state index in [-0.39, 0.29) is 0 Å². The normalized spacial score (nSPS) is 12.0. The van der Waals surface area contributed by atoms with Crippen molar-refractivity contribution in [3.05, 3.63) is 133 Å². The standard InChI is InChI=1S/C37H26N4/c1-24-12-10-20-30(26(24)21-23-38-2)41-32-19-9-7-16-28(32)34-35-29(17-11-22-39-35)33-27-15-6-8-18-31(27)40(36(33)37(34)41)25-13-4-3-5-14-25/h3-23H,2H2,1H3/b23-21-. The van der Waals surface area contributed by atoms with Crippen molar-refractivity contribution in [2.75, 3.05) is 0 Å². The summed E-state index contributed by atoms with van der Waals surface area (Å²) >= 11 is 0. The Kier molecular flexibility index (Phi) is 5.16. The number of fused-ring (bicyclic) bond motifs is 10. The average molecular weight is 527 g/mol. The van der Waals surface area contributed by atoms with Crippen LogP contribution in [0.3, 0.4) is 0 Å². The third-order valence-corrected chi connectivity index (χ3v) is 8.19. The van der Waals surface area contributed by atoms with Gasteiger partial charge in [0.25, 0.3) is 0 Å². The lowest BCUT2D eigenvalue weighted by atomic mass is 10.0. The van der Waals surface area contributed by atoms with Crippen LogP contribution in [0.4, 0.5) is 0 Å². The van der Waals surface area contributed by atoms with E-state index in [0.717, 1.165) is 44.3 Å². The molecule has 3 heterocycles. The van der Waals surface area contributed by atoms with Gasteiger partial charge in [-0.15, -0.1) is 0 Å². The Morgan fingerprint density at radius 1 is 0.659 bits per heavy atom. The van der Waals surface area contributed by atoms with Gasteiger partial charge in [-0.3, -0.25) is 9.98 Å². The molecular formula is C37H26N4. The van der Waals surface area contributed by atoms with Crippen molar-refractivity contribution in [3.8, 4) is 11.4 Å². The monoisotopic (exact) mass is 526 g/mol. The van der Waals surface area contributed by atoms with Crippen molar-refractivity contribution in [3.63, 3.8) is 0 Å². The second-order valence-corrected chi connectivity index (χ2v) is 10.4. The number of hydrogen-bond acceptors (Lipinski definition) is 2. The van der Waals surface area contributed by atoms with Crippen LogP contribution in [0.2, 0.25) is 0 Å². The first kappa shape index (κ1) is 23.4. The van der Waals surface area contributed by atoms with E-state index in [1.165, 1.54) is 32.8 Å². The van der Waals surface area contributed by atoms with Gasteiger partial charge in [-0.25, -0.2) is 0 Å². The highest BCUT2D eigenvalue weighted by atomic mass is 15.0. The van der Waals surface area contributed by atoms with Crippen LogP contribution in [-0.2, 0) is 0 Å². The summed E-state index contributed by atoms with van der Waals surface area (Å²) in [5.74, 6) is 0. The smallest absolute Gasteiger partial charge is 0.0811 e. The topological polar surface area (TPSA) is 35.1 Å². The number of benzene rings is 5. The van der Waals surface area contributed by atoms with Crippen molar-refractivity contribution in [1.29, 1.82) is 0 Å². The summed E-state index contributed by atoms with van der Waals surface area (Å²) in [6.45, 7) is 5.83. The maximum absolute atomic E-state index is 5.04. The molecule has 5 aromatic carbocycles. The highest BCUT2D eigenvalue weighted by molar-refractivity contribution is 6.35. The van der Waals surface area contributed by atoms with Gasteiger partial charge in [0.05, 0.1) is 33.3 Å². The molecule has 0 bridgehead atoms. The van der Waals surface area contributed by atoms with Gasteiger partial charge in [0.2, 0.25) is 0 Å². The molecule has 0 amide bonds. The van der Waals surface area contributed by atoms with Crippen molar-refractivity contribution < 1.29 is 0 Å². The molecule has 8 rings (SSSR count). The first-order chi connectivity index (χ1) is 20.3. The summed E-state index contributed by atoms with van der Waals surface area (Å²) in [7, 11) is 0. The fourth-order valence-electron chi connectivity index (χ4n) is 6.55. The molecule has 0 aliphatic heterocycles. The van der Waals surface area contributed by atoms with E-state index in [9.17, 15) is 0 Å². The molecule has 0 fully saturated rings. The predicted octanol–water partition coefficient (Wildman–Crippen LogP) is 9.41. The highest BCUT2D eigenvalue weighted by Gasteiger charge is 2.25. The largest absolute Gasteiger partial charge is 0.307 e. The van der Waals surface area contributed by atoms with Gasteiger partial charge in [-0.05, 0) is 61.7 Å². The number of pyridine rings is 1. The zero-order chi connectivity index (χ0) is 27.5. The maximum Gasteiger partial charge on any atom is 0.0811 e. The Morgan fingerprint density at radius 3 is 2.10 bits per heavy atom. The molecule has 0 saturated carbocycles. The quantitative estimate of drug-likeness (QED) is 0.210. The minimum absolute atomic E-state index is 1.01. The summed E-state index contributed by atoms with van der Waals surface area (Å²) in [6.07, 6.45) is 5.74. The molecule has 0 aliphatic carbocycles. The van der Waals surface area contributed by atoms with Crippen LogP contribution in [0, 0.1) is 6.92 Å². The Balaban J connectivity index is 1.74. The first-order valence-corrected chi connectivity index (χ1v) is 13.8. The van der Waals surface area contributed by atoms with E-state index in [1.807, 2.05) is 12.3 Å². The molecule has 0 radical (unpaired) electrons. The van der Waals surface area contributed by atoms with Crippen LogP contribution in [0.15, 0.2) is 127 Å². The average Bonchev–Trinajstić information content (AvgIpc) is 3.55. The molecular weight excluding hydrogens is 500 g/mol. The molecule has 4 heteroatoms. The second-order valence-electron chi connectivity index (χ2n) is 10.4. The molecule has 0 unspecified atom stereocenters. The van der Waals surface area contributed by atoms with E-state index in [0.29, 0.717) is 0 Å². The summed E-state index contributed by atoms with van der Waals surface area (Å²) in [5, 5.41) is 5.91. The van der Waals surface area contributed by atoms with Crippen LogP contribution in [-0.4, -0.2) is 20.8 Å². The van der Waals surface area contributed by atoms with Crippen LogP contribution < -0.4 is 0 Å². The number of hydrogen-bond donors (Lipinski definition) is 0. The third kappa shape index (κ3) is 3.28. The third-order valence-electron chi connectivity index (χ3n) is 8.19. The Hall–Kier alpha value is -5.48.